The first kappa shape index (κ1) is 18.6. The second-order valence-electron chi connectivity index (χ2n) is 6.03. The van der Waals surface area contributed by atoms with E-state index < -0.39 is 15.9 Å². The lowest BCUT2D eigenvalue weighted by Gasteiger charge is -2.15. The van der Waals surface area contributed by atoms with Crippen LogP contribution in [0.4, 0.5) is 0 Å². The predicted octanol–water partition coefficient (Wildman–Crippen LogP) is 2.77. The molecule has 132 valence electrons. The molecule has 0 atom stereocenters. The Labute approximate surface area is 144 Å². The third-order valence-corrected chi connectivity index (χ3v) is 5.93. The van der Waals surface area contributed by atoms with Crippen LogP contribution in [-0.4, -0.2) is 37.4 Å². The molecule has 0 bridgehead atoms. The molecule has 0 spiro atoms. The van der Waals surface area contributed by atoms with Crippen molar-refractivity contribution in [3.8, 4) is 0 Å². The van der Waals surface area contributed by atoms with Crippen molar-refractivity contribution in [2.24, 2.45) is 5.10 Å². The van der Waals surface area contributed by atoms with Crippen molar-refractivity contribution in [1.29, 1.82) is 0 Å². The number of hydrogen-bond donors (Lipinski definition) is 1. The summed E-state index contributed by atoms with van der Waals surface area (Å²) < 4.78 is 26.6. The van der Waals surface area contributed by atoms with Crippen molar-refractivity contribution >= 4 is 21.6 Å². The molecule has 0 aromatic heterocycles. The van der Waals surface area contributed by atoms with E-state index in [1.807, 2.05) is 6.92 Å². The van der Waals surface area contributed by atoms with Crippen LogP contribution in [0, 0.1) is 0 Å². The Morgan fingerprint density at radius 1 is 1.29 bits per heavy atom. The molecule has 0 unspecified atom stereocenters. The fourth-order valence-electron chi connectivity index (χ4n) is 2.57. The minimum Gasteiger partial charge on any atom is -0.267 e. The Morgan fingerprint density at radius 3 is 2.67 bits per heavy atom. The average Bonchev–Trinajstić information content (AvgIpc) is 3.13. The van der Waals surface area contributed by atoms with Gasteiger partial charge < -0.3 is 0 Å². The summed E-state index contributed by atoms with van der Waals surface area (Å²) in [6.45, 7) is 5.04. The quantitative estimate of drug-likeness (QED) is 0.606. The topological polar surface area (TPSA) is 78.8 Å². The van der Waals surface area contributed by atoms with Gasteiger partial charge in [-0.15, -0.1) is 0 Å². The second kappa shape index (κ2) is 8.39. The highest BCUT2D eigenvalue weighted by atomic mass is 32.2. The zero-order valence-electron chi connectivity index (χ0n) is 14.3. The minimum atomic E-state index is -3.52. The van der Waals surface area contributed by atoms with E-state index in [0.29, 0.717) is 18.7 Å². The van der Waals surface area contributed by atoms with Crippen LogP contribution in [0.25, 0.3) is 0 Å². The molecule has 1 amide bonds. The summed E-state index contributed by atoms with van der Waals surface area (Å²) in [5, 5.41) is 4.06. The summed E-state index contributed by atoms with van der Waals surface area (Å²) in [6, 6.07) is 6.13. The Morgan fingerprint density at radius 2 is 2.00 bits per heavy atom. The number of rotatable bonds is 7. The van der Waals surface area contributed by atoms with Crippen molar-refractivity contribution in [3.63, 3.8) is 0 Å². The Hall–Kier alpha value is -1.73. The van der Waals surface area contributed by atoms with Gasteiger partial charge in [0.15, 0.2) is 0 Å². The van der Waals surface area contributed by atoms with Gasteiger partial charge in [-0.1, -0.05) is 19.4 Å². The number of carbonyl (C=O) groups excluding carboxylic acids is 1. The van der Waals surface area contributed by atoms with Crippen molar-refractivity contribution < 1.29 is 13.2 Å². The van der Waals surface area contributed by atoms with Crippen LogP contribution >= 0.6 is 0 Å². The fourth-order valence-corrected chi connectivity index (χ4v) is 4.14. The Balaban J connectivity index is 2.11. The fraction of sp³-hybridized carbons (Fsp3) is 0.529. The van der Waals surface area contributed by atoms with Crippen molar-refractivity contribution in [2.75, 3.05) is 13.1 Å². The molecular weight excluding hydrogens is 326 g/mol. The molecular formula is C17H25N3O3S. The molecule has 2 rings (SSSR count). The van der Waals surface area contributed by atoms with E-state index in [2.05, 4.69) is 17.5 Å². The second-order valence-corrected chi connectivity index (χ2v) is 7.97. The van der Waals surface area contributed by atoms with Gasteiger partial charge in [0.2, 0.25) is 10.0 Å². The zero-order chi connectivity index (χ0) is 17.6. The molecule has 1 N–H and O–H groups in total. The maximum absolute atomic E-state index is 12.6. The van der Waals surface area contributed by atoms with Gasteiger partial charge in [0.05, 0.1) is 4.90 Å². The molecule has 1 heterocycles. The third kappa shape index (κ3) is 4.64. The summed E-state index contributed by atoms with van der Waals surface area (Å²) in [6.07, 6.45) is 4.68. The van der Waals surface area contributed by atoms with E-state index in [9.17, 15) is 13.2 Å². The van der Waals surface area contributed by atoms with Crippen LogP contribution in [-0.2, 0) is 10.0 Å². The summed E-state index contributed by atoms with van der Waals surface area (Å²) in [4.78, 5) is 12.4. The van der Waals surface area contributed by atoms with Crippen molar-refractivity contribution in [2.45, 2.75) is 50.8 Å². The van der Waals surface area contributed by atoms with E-state index in [0.717, 1.165) is 37.8 Å². The number of sulfonamides is 1. The first-order valence-corrected chi connectivity index (χ1v) is 9.83. The smallest absolute Gasteiger partial charge is 0.267 e. The lowest BCUT2D eigenvalue weighted by Crippen LogP contribution is -2.28. The Kier molecular flexibility index (Phi) is 6.51. The number of benzene rings is 1. The van der Waals surface area contributed by atoms with Gasteiger partial charge >= 0.3 is 0 Å². The van der Waals surface area contributed by atoms with Gasteiger partial charge in [0, 0.05) is 24.4 Å². The molecule has 1 fully saturated rings. The molecule has 0 aliphatic carbocycles. The maximum atomic E-state index is 12.6. The van der Waals surface area contributed by atoms with Gasteiger partial charge in [-0.3, -0.25) is 4.79 Å². The molecule has 1 aliphatic rings. The van der Waals surface area contributed by atoms with Gasteiger partial charge in [0.1, 0.15) is 0 Å². The molecule has 1 aromatic rings. The summed E-state index contributed by atoms with van der Waals surface area (Å²) in [7, 11) is -3.52. The largest absolute Gasteiger partial charge is 0.271 e. The number of nitrogens with zero attached hydrogens (tertiary/aromatic N) is 2. The van der Waals surface area contributed by atoms with Crippen LogP contribution in [0.5, 0.6) is 0 Å². The van der Waals surface area contributed by atoms with Gasteiger partial charge in [0.25, 0.3) is 5.91 Å². The number of amides is 1. The SMILES string of the molecule is CCCC/C(C)=N\NC(=O)c1cccc(S(=O)(=O)N2CCCC2)c1. The van der Waals surface area contributed by atoms with E-state index in [-0.39, 0.29) is 4.90 Å². The van der Waals surface area contributed by atoms with Gasteiger partial charge in [-0.05, 0) is 50.8 Å². The standard InChI is InChI=1S/C17H25N3O3S/c1-3-4-8-14(2)18-19-17(21)15-9-7-10-16(13-15)24(22,23)20-11-5-6-12-20/h7,9-10,13H,3-6,8,11-12H2,1-2H3,(H,19,21)/b18-14-. The highest BCUT2D eigenvalue weighted by molar-refractivity contribution is 7.89. The molecule has 6 nitrogen and oxygen atoms in total. The normalized spacial score (nSPS) is 16.3. The van der Waals surface area contributed by atoms with E-state index >= 15 is 0 Å². The number of nitrogens with one attached hydrogen (secondary N) is 1. The van der Waals surface area contributed by atoms with Gasteiger partial charge in [-0.25, -0.2) is 13.8 Å². The molecule has 1 saturated heterocycles. The first-order chi connectivity index (χ1) is 11.4. The third-order valence-electron chi connectivity index (χ3n) is 4.04. The lowest BCUT2D eigenvalue weighted by molar-refractivity contribution is 0.0954. The minimum absolute atomic E-state index is 0.156. The highest BCUT2D eigenvalue weighted by Gasteiger charge is 2.27. The molecule has 0 radical (unpaired) electrons. The highest BCUT2D eigenvalue weighted by Crippen LogP contribution is 2.21. The number of unbranched alkanes of at least 4 members (excludes halogenated alkanes) is 1. The molecule has 7 heteroatoms. The van der Waals surface area contributed by atoms with Crippen LogP contribution < -0.4 is 5.43 Å². The van der Waals surface area contributed by atoms with Crippen LogP contribution in [0.1, 0.15) is 56.3 Å². The maximum Gasteiger partial charge on any atom is 0.271 e. The number of hydrazone groups is 1. The van der Waals surface area contributed by atoms with E-state index in [1.54, 1.807) is 12.1 Å². The molecule has 0 saturated carbocycles. The molecule has 24 heavy (non-hydrogen) atoms. The van der Waals surface area contributed by atoms with Crippen LogP contribution in [0.3, 0.4) is 0 Å². The summed E-state index contributed by atoms with van der Waals surface area (Å²) >= 11 is 0. The number of hydrogen-bond acceptors (Lipinski definition) is 4. The van der Waals surface area contributed by atoms with Crippen molar-refractivity contribution in [3.05, 3.63) is 29.8 Å². The molecule has 1 aliphatic heterocycles. The summed E-state index contributed by atoms with van der Waals surface area (Å²) in [5.74, 6) is -0.399. The average molecular weight is 351 g/mol. The monoisotopic (exact) mass is 351 g/mol. The zero-order valence-corrected chi connectivity index (χ0v) is 15.1. The van der Waals surface area contributed by atoms with Crippen LogP contribution in [0.15, 0.2) is 34.3 Å². The van der Waals surface area contributed by atoms with Gasteiger partial charge in [-0.2, -0.15) is 9.41 Å². The van der Waals surface area contributed by atoms with E-state index in [4.69, 9.17) is 0 Å². The first-order valence-electron chi connectivity index (χ1n) is 8.39. The van der Waals surface area contributed by atoms with Crippen LogP contribution in [0.2, 0.25) is 0 Å². The Bertz CT molecular complexity index is 708. The summed E-state index contributed by atoms with van der Waals surface area (Å²) in [5.41, 5.74) is 3.64. The van der Waals surface area contributed by atoms with Crippen molar-refractivity contribution in [1.82, 2.24) is 9.73 Å². The lowest BCUT2D eigenvalue weighted by atomic mass is 10.2. The molecule has 1 aromatic carbocycles. The predicted molar refractivity (Wildman–Crippen MR) is 94.5 cm³/mol. The number of carbonyl (C=O) groups is 1. The van der Waals surface area contributed by atoms with E-state index in [1.165, 1.54) is 16.4 Å².